The minimum Gasteiger partial charge on any atom is -0.375 e. The van der Waals surface area contributed by atoms with Crippen LogP contribution in [0.1, 0.15) is 49.3 Å². The van der Waals surface area contributed by atoms with Gasteiger partial charge >= 0.3 is 0 Å². The first-order valence-corrected chi connectivity index (χ1v) is 8.07. The Morgan fingerprint density at radius 2 is 2.00 bits per heavy atom. The zero-order valence-corrected chi connectivity index (χ0v) is 14.5. The van der Waals surface area contributed by atoms with Gasteiger partial charge in [-0.2, -0.15) is 0 Å². The van der Waals surface area contributed by atoms with Gasteiger partial charge in [-0.05, 0) is 32.0 Å². The van der Waals surface area contributed by atoms with E-state index in [-0.39, 0.29) is 17.3 Å². The highest BCUT2D eigenvalue weighted by molar-refractivity contribution is 7.12. The van der Waals surface area contributed by atoms with Crippen molar-refractivity contribution >= 4 is 28.6 Å². The van der Waals surface area contributed by atoms with E-state index in [9.17, 15) is 4.39 Å². The third-order valence-electron chi connectivity index (χ3n) is 3.17. The van der Waals surface area contributed by atoms with Gasteiger partial charge in [0.2, 0.25) is 0 Å². The van der Waals surface area contributed by atoms with Crippen LogP contribution in [0, 0.1) is 12.7 Å². The molecule has 0 aliphatic heterocycles. The molecule has 0 bridgehead atoms. The standard InChI is InChI=1S/C16H20ClFN2S/c1-9(19-13-8-11(17)6-7-12(13)18)14-10(2)20-15(21-14)16(3,4)5/h6-9,19H,1-5H3. The molecule has 2 aromatic rings. The maximum atomic E-state index is 13.8. The molecule has 21 heavy (non-hydrogen) atoms. The van der Waals surface area contributed by atoms with Crippen LogP contribution in [0.4, 0.5) is 10.1 Å². The first kappa shape index (κ1) is 16.2. The monoisotopic (exact) mass is 326 g/mol. The molecule has 114 valence electrons. The van der Waals surface area contributed by atoms with Gasteiger partial charge in [-0.15, -0.1) is 11.3 Å². The number of rotatable bonds is 3. The van der Waals surface area contributed by atoms with Crippen LogP contribution in [-0.4, -0.2) is 4.98 Å². The van der Waals surface area contributed by atoms with E-state index in [0.717, 1.165) is 15.6 Å². The second-order valence-electron chi connectivity index (χ2n) is 6.21. The average Bonchev–Trinajstić information content (AvgIpc) is 2.76. The van der Waals surface area contributed by atoms with Gasteiger partial charge < -0.3 is 5.32 Å². The maximum absolute atomic E-state index is 13.8. The third-order valence-corrected chi connectivity index (χ3v) is 5.17. The molecular formula is C16H20ClFN2S. The summed E-state index contributed by atoms with van der Waals surface area (Å²) in [5.41, 5.74) is 1.43. The Morgan fingerprint density at radius 3 is 2.57 bits per heavy atom. The molecule has 2 rings (SSSR count). The highest BCUT2D eigenvalue weighted by Gasteiger charge is 2.22. The average molecular weight is 327 g/mol. The summed E-state index contributed by atoms with van der Waals surface area (Å²) >= 11 is 7.60. The molecule has 0 saturated heterocycles. The van der Waals surface area contributed by atoms with Gasteiger partial charge in [-0.3, -0.25) is 0 Å². The molecule has 1 aromatic carbocycles. The Hall–Kier alpha value is -1.13. The van der Waals surface area contributed by atoms with Gasteiger partial charge in [-0.1, -0.05) is 32.4 Å². The van der Waals surface area contributed by atoms with E-state index in [1.54, 1.807) is 23.5 Å². The van der Waals surface area contributed by atoms with Crippen LogP contribution >= 0.6 is 22.9 Å². The molecule has 1 N–H and O–H groups in total. The number of hydrogen-bond acceptors (Lipinski definition) is 3. The number of halogens is 2. The summed E-state index contributed by atoms with van der Waals surface area (Å²) in [5, 5.41) is 4.79. The molecule has 1 aromatic heterocycles. The molecule has 1 atom stereocenters. The van der Waals surface area contributed by atoms with Gasteiger partial charge in [0.15, 0.2) is 0 Å². The normalized spacial score (nSPS) is 13.3. The van der Waals surface area contributed by atoms with E-state index in [1.807, 2.05) is 13.8 Å². The minimum atomic E-state index is -0.301. The SMILES string of the molecule is Cc1nc(C(C)(C)C)sc1C(C)Nc1cc(Cl)ccc1F. The van der Waals surface area contributed by atoms with E-state index in [2.05, 4.69) is 31.1 Å². The Bertz CT molecular complexity index is 646. The fraction of sp³-hybridized carbons (Fsp3) is 0.438. The molecule has 0 amide bonds. The van der Waals surface area contributed by atoms with E-state index < -0.39 is 0 Å². The van der Waals surface area contributed by atoms with Crippen LogP contribution in [0.2, 0.25) is 5.02 Å². The van der Waals surface area contributed by atoms with Crippen LogP contribution in [0.3, 0.4) is 0 Å². The van der Waals surface area contributed by atoms with Crippen molar-refractivity contribution in [2.45, 2.75) is 46.1 Å². The number of anilines is 1. The number of hydrogen-bond donors (Lipinski definition) is 1. The topological polar surface area (TPSA) is 24.9 Å². The predicted octanol–water partition coefficient (Wildman–Crippen LogP) is 5.71. The Labute approximate surface area is 134 Å². The van der Waals surface area contributed by atoms with Crippen LogP contribution in [0.5, 0.6) is 0 Å². The summed E-state index contributed by atoms with van der Waals surface area (Å²) in [5.74, 6) is -0.301. The van der Waals surface area contributed by atoms with E-state index in [0.29, 0.717) is 10.7 Å². The molecule has 2 nitrogen and oxygen atoms in total. The third kappa shape index (κ3) is 3.74. The summed E-state index contributed by atoms with van der Waals surface area (Å²) in [6.45, 7) is 10.4. The fourth-order valence-electron chi connectivity index (χ4n) is 2.04. The van der Waals surface area contributed by atoms with Crippen molar-refractivity contribution in [2.24, 2.45) is 0 Å². The smallest absolute Gasteiger partial charge is 0.146 e. The van der Waals surface area contributed by atoms with Gasteiger partial charge in [0.25, 0.3) is 0 Å². The maximum Gasteiger partial charge on any atom is 0.146 e. The molecule has 0 fully saturated rings. The molecule has 0 radical (unpaired) electrons. The molecule has 0 aliphatic carbocycles. The van der Waals surface area contributed by atoms with Crippen molar-refractivity contribution in [1.82, 2.24) is 4.98 Å². The Kier molecular flexibility index (Phi) is 4.59. The summed E-state index contributed by atoms with van der Waals surface area (Å²) in [6, 6.07) is 4.50. The largest absolute Gasteiger partial charge is 0.375 e. The zero-order chi connectivity index (χ0) is 15.8. The fourth-order valence-corrected chi connectivity index (χ4v) is 3.34. The summed E-state index contributed by atoms with van der Waals surface area (Å²) in [4.78, 5) is 5.77. The van der Waals surface area contributed by atoms with Gasteiger partial charge in [0.05, 0.1) is 22.4 Å². The number of thiazole rings is 1. The number of aryl methyl sites for hydroxylation is 1. The highest BCUT2D eigenvalue weighted by Crippen LogP contribution is 2.34. The van der Waals surface area contributed by atoms with E-state index in [4.69, 9.17) is 11.6 Å². The molecular weight excluding hydrogens is 307 g/mol. The zero-order valence-electron chi connectivity index (χ0n) is 12.9. The van der Waals surface area contributed by atoms with Gasteiger partial charge in [0.1, 0.15) is 5.82 Å². The van der Waals surface area contributed by atoms with Crippen molar-refractivity contribution in [2.75, 3.05) is 5.32 Å². The Morgan fingerprint density at radius 1 is 1.33 bits per heavy atom. The summed E-state index contributed by atoms with van der Waals surface area (Å²) in [6.07, 6.45) is 0. The van der Waals surface area contributed by atoms with E-state index >= 15 is 0 Å². The lowest BCUT2D eigenvalue weighted by molar-refractivity contribution is 0.584. The first-order chi connectivity index (χ1) is 9.68. The molecule has 0 aliphatic rings. The molecule has 1 unspecified atom stereocenters. The summed E-state index contributed by atoms with van der Waals surface area (Å²) < 4.78 is 13.8. The quantitative estimate of drug-likeness (QED) is 0.780. The van der Waals surface area contributed by atoms with Crippen LogP contribution in [0.15, 0.2) is 18.2 Å². The van der Waals surface area contributed by atoms with E-state index in [1.165, 1.54) is 6.07 Å². The van der Waals surface area contributed by atoms with Crippen molar-refractivity contribution < 1.29 is 4.39 Å². The Balaban J connectivity index is 2.26. The highest BCUT2D eigenvalue weighted by atomic mass is 35.5. The van der Waals surface area contributed by atoms with Crippen LogP contribution < -0.4 is 5.32 Å². The van der Waals surface area contributed by atoms with Gasteiger partial charge in [-0.25, -0.2) is 9.37 Å². The van der Waals surface area contributed by atoms with Crippen molar-refractivity contribution in [3.05, 3.63) is 44.6 Å². The second kappa shape index (κ2) is 5.93. The number of aromatic nitrogens is 1. The van der Waals surface area contributed by atoms with Gasteiger partial charge in [0, 0.05) is 15.3 Å². The molecule has 5 heteroatoms. The predicted molar refractivity (Wildman–Crippen MR) is 89.0 cm³/mol. The number of benzene rings is 1. The summed E-state index contributed by atoms with van der Waals surface area (Å²) in [7, 11) is 0. The lowest BCUT2D eigenvalue weighted by Crippen LogP contribution is -2.10. The van der Waals surface area contributed by atoms with Crippen molar-refractivity contribution in [1.29, 1.82) is 0 Å². The second-order valence-corrected chi connectivity index (χ2v) is 7.68. The number of nitrogens with zero attached hydrogens (tertiary/aromatic N) is 1. The lowest BCUT2D eigenvalue weighted by Gasteiger charge is -2.16. The van der Waals surface area contributed by atoms with Crippen LogP contribution in [-0.2, 0) is 5.41 Å². The number of nitrogens with one attached hydrogen (secondary N) is 1. The molecule has 0 spiro atoms. The lowest BCUT2D eigenvalue weighted by atomic mass is 9.98. The first-order valence-electron chi connectivity index (χ1n) is 6.88. The molecule has 0 saturated carbocycles. The molecule has 1 heterocycles. The minimum absolute atomic E-state index is 0.0217. The van der Waals surface area contributed by atoms with Crippen molar-refractivity contribution in [3.8, 4) is 0 Å². The van der Waals surface area contributed by atoms with Crippen molar-refractivity contribution in [3.63, 3.8) is 0 Å². The van der Waals surface area contributed by atoms with Crippen LogP contribution in [0.25, 0.3) is 0 Å².